The highest BCUT2D eigenvalue weighted by Crippen LogP contribution is 2.20. The fourth-order valence-corrected chi connectivity index (χ4v) is 5.70. The lowest BCUT2D eigenvalue weighted by atomic mass is 9.40. The summed E-state index contributed by atoms with van der Waals surface area (Å²) in [5.74, 6) is 0. The SMILES string of the molecule is Cc1cc(C)c(B2c3sccc3C=Cc3ccsc32)c(C)c1. The largest absolute Gasteiger partial charge is 0.268 e. The molecule has 0 unspecified atom stereocenters. The van der Waals surface area contributed by atoms with Crippen LogP contribution >= 0.6 is 22.7 Å². The van der Waals surface area contributed by atoms with E-state index in [1.165, 1.54) is 42.8 Å². The van der Waals surface area contributed by atoms with Crippen LogP contribution in [0.5, 0.6) is 0 Å². The van der Waals surface area contributed by atoms with Crippen molar-refractivity contribution in [3.05, 3.63) is 62.8 Å². The van der Waals surface area contributed by atoms with Crippen molar-refractivity contribution in [1.82, 2.24) is 0 Å². The predicted molar refractivity (Wildman–Crippen MR) is 103 cm³/mol. The van der Waals surface area contributed by atoms with E-state index in [0.29, 0.717) is 6.71 Å². The topological polar surface area (TPSA) is 0 Å². The van der Waals surface area contributed by atoms with Gasteiger partial charge in [-0.2, -0.15) is 22.7 Å². The average molecular weight is 320 g/mol. The Kier molecular flexibility index (Phi) is 3.35. The van der Waals surface area contributed by atoms with Gasteiger partial charge in [0.25, 0.3) is 6.71 Å². The molecule has 22 heavy (non-hydrogen) atoms. The maximum Gasteiger partial charge on any atom is 0.268 e. The van der Waals surface area contributed by atoms with Gasteiger partial charge in [0, 0.05) is 0 Å². The van der Waals surface area contributed by atoms with Gasteiger partial charge < -0.3 is 0 Å². The molecule has 0 saturated carbocycles. The van der Waals surface area contributed by atoms with Gasteiger partial charge in [-0.15, -0.1) is 0 Å². The van der Waals surface area contributed by atoms with E-state index in [0.717, 1.165) is 0 Å². The molecule has 108 valence electrons. The van der Waals surface area contributed by atoms with Crippen molar-refractivity contribution in [2.75, 3.05) is 0 Å². The zero-order valence-electron chi connectivity index (χ0n) is 13.0. The molecule has 1 aromatic carbocycles. The molecule has 2 aromatic heterocycles. The van der Waals surface area contributed by atoms with Crippen molar-refractivity contribution < 1.29 is 0 Å². The molecule has 0 aliphatic carbocycles. The van der Waals surface area contributed by atoms with Crippen molar-refractivity contribution in [3.8, 4) is 0 Å². The lowest BCUT2D eigenvalue weighted by Gasteiger charge is -2.19. The summed E-state index contributed by atoms with van der Waals surface area (Å²) >= 11 is 3.77. The van der Waals surface area contributed by atoms with E-state index in [9.17, 15) is 0 Å². The molecule has 1 aliphatic rings. The first-order valence-corrected chi connectivity index (χ1v) is 9.31. The number of hydrogen-bond acceptors (Lipinski definition) is 2. The van der Waals surface area contributed by atoms with Gasteiger partial charge in [-0.05, 0) is 64.3 Å². The second-order valence-corrected chi connectivity index (χ2v) is 7.95. The van der Waals surface area contributed by atoms with Crippen LogP contribution in [0.15, 0.2) is 35.0 Å². The van der Waals surface area contributed by atoms with E-state index in [2.05, 4.69) is 67.9 Å². The number of hydrogen-bond donors (Lipinski definition) is 0. The summed E-state index contributed by atoms with van der Waals surface area (Å²) in [6, 6.07) is 9.14. The summed E-state index contributed by atoms with van der Waals surface area (Å²) in [5, 5.41) is 4.44. The summed E-state index contributed by atoms with van der Waals surface area (Å²) in [4.78, 5) is 0. The lowest BCUT2D eigenvalue weighted by molar-refractivity contribution is 1.35. The Morgan fingerprint density at radius 3 is 1.77 bits per heavy atom. The normalized spacial score (nSPS) is 13.0. The van der Waals surface area contributed by atoms with Gasteiger partial charge in [0.15, 0.2) is 0 Å². The van der Waals surface area contributed by atoms with Crippen LogP contribution in [0.25, 0.3) is 12.2 Å². The molecule has 0 spiro atoms. The van der Waals surface area contributed by atoms with Crippen molar-refractivity contribution in [1.29, 1.82) is 0 Å². The zero-order valence-corrected chi connectivity index (χ0v) is 14.6. The highest BCUT2D eigenvalue weighted by atomic mass is 32.1. The first-order chi connectivity index (χ1) is 10.6. The zero-order chi connectivity index (χ0) is 15.3. The summed E-state index contributed by atoms with van der Waals surface area (Å²) in [7, 11) is 0. The molecular formula is C19H17BS2. The first kappa shape index (κ1) is 14.0. The maximum absolute atomic E-state index is 2.32. The summed E-state index contributed by atoms with van der Waals surface area (Å²) in [5.41, 5.74) is 8.40. The molecule has 0 radical (unpaired) electrons. The minimum atomic E-state index is 0.376. The predicted octanol–water partition coefficient (Wildman–Crippen LogP) is 3.73. The van der Waals surface area contributed by atoms with Gasteiger partial charge in [0.05, 0.1) is 0 Å². The third-order valence-electron chi connectivity index (χ3n) is 4.45. The average Bonchev–Trinajstić information content (AvgIpc) is 3.08. The van der Waals surface area contributed by atoms with Crippen LogP contribution < -0.4 is 15.0 Å². The quantitative estimate of drug-likeness (QED) is 0.469. The van der Waals surface area contributed by atoms with Gasteiger partial charge in [-0.1, -0.05) is 46.4 Å². The standard InChI is InChI=1S/C19H17BS2/c1-12-10-13(2)17(14(3)11-12)20-18-15(6-8-21-18)4-5-16-7-9-22-19(16)20/h4-11H,1-3H3. The van der Waals surface area contributed by atoms with Crippen LogP contribution in [-0.4, -0.2) is 6.71 Å². The van der Waals surface area contributed by atoms with E-state index >= 15 is 0 Å². The summed E-state index contributed by atoms with van der Waals surface area (Å²) in [6.45, 7) is 7.08. The highest BCUT2D eigenvalue weighted by Gasteiger charge is 2.31. The Balaban J connectivity index is 2.03. The molecular weight excluding hydrogens is 303 g/mol. The van der Waals surface area contributed by atoms with Gasteiger partial charge in [-0.25, -0.2) is 0 Å². The number of aryl methyl sites for hydroxylation is 3. The van der Waals surface area contributed by atoms with Crippen LogP contribution in [0.3, 0.4) is 0 Å². The minimum absolute atomic E-state index is 0.376. The lowest BCUT2D eigenvalue weighted by Crippen LogP contribution is -2.53. The van der Waals surface area contributed by atoms with Crippen LogP contribution in [0.4, 0.5) is 0 Å². The molecule has 0 atom stereocenters. The van der Waals surface area contributed by atoms with Crippen molar-refractivity contribution in [2.24, 2.45) is 0 Å². The highest BCUT2D eigenvalue weighted by molar-refractivity contribution is 7.34. The summed E-state index contributed by atoms with van der Waals surface area (Å²) in [6.07, 6.45) is 4.55. The molecule has 3 aromatic rings. The molecule has 3 heterocycles. The smallest absolute Gasteiger partial charge is 0.157 e. The van der Waals surface area contributed by atoms with E-state index in [1.54, 1.807) is 0 Å². The molecule has 0 fully saturated rings. The minimum Gasteiger partial charge on any atom is -0.157 e. The first-order valence-electron chi connectivity index (χ1n) is 7.56. The van der Waals surface area contributed by atoms with Gasteiger partial charge in [0.2, 0.25) is 0 Å². The number of benzene rings is 1. The van der Waals surface area contributed by atoms with Crippen molar-refractivity contribution in [2.45, 2.75) is 20.8 Å². The van der Waals surface area contributed by atoms with Crippen molar-refractivity contribution >= 4 is 56.6 Å². The monoisotopic (exact) mass is 320 g/mol. The molecule has 0 bridgehead atoms. The second kappa shape index (κ2) is 5.25. The summed E-state index contributed by atoms with van der Waals surface area (Å²) < 4.78 is 2.96. The van der Waals surface area contributed by atoms with E-state index < -0.39 is 0 Å². The Morgan fingerprint density at radius 2 is 1.27 bits per heavy atom. The molecule has 1 aliphatic heterocycles. The van der Waals surface area contributed by atoms with Gasteiger partial charge in [0.1, 0.15) is 0 Å². The second-order valence-electron chi connectivity index (χ2n) is 6.06. The third kappa shape index (κ3) is 2.12. The van der Waals surface area contributed by atoms with Crippen LogP contribution in [-0.2, 0) is 0 Å². The molecule has 0 amide bonds. The number of fused-ring (bicyclic) bond motifs is 2. The van der Waals surface area contributed by atoms with E-state index in [1.807, 2.05) is 22.7 Å². The van der Waals surface area contributed by atoms with E-state index in [4.69, 9.17) is 0 Å². The van der Waals surface area contributed by atoms with Crippen molar-refractivity contribution in [3.63, 3.8) is 0 Å². The van der Waals surface area contributed by atoms with Crippen LogP contribution in [0, 0.1) is 20.8 Å². The number of thiophene rings is 2. The Bertz CT molecular complexity index is 815. The van der Waals surface area contributed by atoms with Crippen LogP contribution in [0.2, 0.25) is 0 Å². The van der Waals surface area contributed by atoms with Crippen LogP contribution in [0.1, 0.15) is 27.8 Å². The van der Waals surface area contributed by atoms with Gasteiger partial charge >= 0.3 is 0 Å². The molecule has 0 N–H and O–H groups in total. The number of rotatable bonds is 1. The Hall–Kier alpha value is -1.58. The van der Waals surface area contributed by atoms with Gasteiger partial charge in [-0.3, -0.25) is 0 Å². The Morgan fingerprint density at radius 1 is 0.773 bits per heavy atom. The fraction of sp³-hybridized carbons (Fsp3) is 0.158. The molecule has 0 saturated heterocycles. The molecule has 4 rings (SSSR count). The molecule has 3 heteroatoms. The third-order valence-corrected chi connectivity index (χ3v) is 6.44. The maximum atomic E-state index is 2.32. The van der Waals surface area contributed by atoms with E-state index in [-0.39, 0.29) is 0 Å². The molecule has 0 nitrogen and oxygen atoms in total. The Labute approximate surface area is 140 Å². The fourth-order valence-electron chi connectivity index (χ4n) is 3.61.